The van der Waals surface area contributed by atoms with Gasteiger partial charge < -0.3 is 10.3 Å². The Labute approximate surface area is 112 Å². The van der Waals surface area contributed by atoms with Crippen LogP contribution >= 0.6 is 0 Å². The Morgan fingerprint density at radius 1 is 1.06 bits per heavy atom. The second kappa shape index (κ2) is 5.95. The van der Waals surface area contributed by atoms with E-state index in [1.807, 2.05) is 32.9 Å². The topological polar surface area (TPSA) is 66.1 Å². The molecule has 1 aromatic carbocycles. The van der Waals surface area contributed by atoms with Crippen molar-refractivity contribution in [1.82, 2.24) is 0 Å². The van der Waals surface area contributed by atoms with Gasteiger partial charge in [0.25, 0.3) is 0 Å². The second-order valence-electron chi connectivity index (χ2n) is 5.36. The van der Waals surface area contributed by atoms with Gasteiger partial charge in [0.1, 0.15) is 0 Å². The highest BCUT2D eigenvalue weighted by molar-refractivity contribution is 7.79. The smallest absolute Gasteiger partial charge is 0.0331 e. The third-order valence-corrected chi connectivity index (χ3v) is 3.92. The first-order valence-electron chi connectivity index (χ1n) is 6.28. The molecular weight excluding hydrogens is 246 g/mol. The summed E-state index contributed by atoms with van der Waals surface area (Å²) in [5.74, 6) is 0.517. The highest BCUT2D eigenvalue weighted by Gasteiger charge is 2.17. The lowest BCUT2D eigenvalue weighted by molar-refractivity contribution is 0.532. The van der Waals surface area contributed by atoms with E-state index in [0.29, 0.717) is 10.8 Å². The minimum Gasteiger partial charge on any atom is -0.768 e. The zero-order valence-electron chi connectivity index (χ0n) is 11.7. The molecule has 1 aromatic rings. The zero-order chi connectivity index (χ0) is 14.0. The maximum atomic E-state index is 11.5. The molecule has 2 N–H and O–H groups in total. The van der Waals surface area contributed by atoms with Crippen LogP contribution in [0.4, 0.5) is 0 Å². The van der Waals surface area contributed by atoms with E-state index >= 15 is 0 Å². The summed E-state index contributed by atoms with van der Waals surface area (Å²) >= 11 is -2.24. The molecule has 2 unspecified atom stereocenters. The molecule has 0 heterocycles. The van der Waals surface area contributed by atoms with Crippen LogP contribution in [-0.2, 0) is 11.1 Å². The van der Waals surface area contributed by atoms with E-state index in [1.165, 1.54) is 0 Å². The van der Waals surface area contributed by atoms with Gasteiger partial charge >= 0.3 is 0 Å². The molecule has 0 spiro atoms. The fraction of sp³-hybridized carbons (Fsp3) is 0.571. The number of hydrogen-bond donors (Lipinski definition) is 1. The van der Waals surface area contributed by atoms with Crippen molar-refractivity contribution in [3.8, 4) is 0 Å². The average Bonchev–Trinajstić information content (AvgIpc) is 2.26. The van der Waals surface area contributed by atoms with Gasteiger partial charge in [-0.15, -0.1) is 0 Å². The van der Waals surface area contributed by atoms with Gasteiger partial charge in [-0.25, -0.2) is 0 Å². The van der Waals surface area contributed by atoms with E-state index in [2.05, 4.69) is 13.8 Å². The molecule has 0 bridgehead atoms. The highest BCUT2D eigenvalue weighted by Crippen LogP contribution is 2.32. The maximum absolute atomic E-state index is 11.5. The van der Waals surface area contributed by atoms with Gasteiger partial charge in [0.05, 0.1) is 0 Å². The first-order chi connectivity index (χ1) is 8.25. The van der Waals surface area contributed by atoms with Gasteiger partial charge in [-0.3, -0.25) is 4.21 Å². The molecule has 0 amide bonds. The Hall–Kier alpha value is -0.710. The predicted molar refractivity (Wildman–Crippen MR) is 74.4 cm³/mol. The van der Waals surface area contributed by atoms with Crippen molar-refractivity contribution in [2.75, 3.05) is 0 Å². The van der Waals surface area contributed by atoms with Crippen molar-refractivity contribution in [2.45, 2.75) is 57.4 Å². The molecule has 0 aliphatic rings. The van der Waals surface area contributed by atoms with Crippen molar-refractivity contribution in [3.05, 3.63) is 28.8 Å². The number of hydrogen-bond acceptors (Lipinski definition) is 3. The van der Waals surface area contributed by atoms with Crippen LogP contribution in [0.2, 0.25) is 0 Å². The van der Waals surface area contributed by atoms with E-state index in [0.717, 1.165) is 16.7 Å². The third-order valence-electron chi connectivity index (χ3n) is 3.11. The predicted octanol–water partition coefficient (Wildman–Crippen LogP) is 3.19. The lowest BCUT2D eigenvalue weighted by atomic mass is 9.91. The molecule has 0 fully saturated rings. The van der Waals surface area contributed by atoms with Crippen LogP contribution in [0.15, 0.2) is 17.0 Å². The molecule has 0 aliphatic carbocycles. The standard InChI is InChI=1S/C14H23NO2S/c1-8(2)11-6-12(9(3)4)14(18(16)17)13(7-11)10(5)15/h6-10H,15H2,1-5H3,(H,16,17)/p-1. The molecular formula is C14H22NO2S-. The van der Waals surface area contributed by atoms with E-state index < -0.39 is 11.1 Å². The zero-order valence-corrected chi connectivity index (χ0v) is 12.5. The fourth-order valence-electron chi connectivity index (χ4n) is 1.99. The van der Waals surface area contributed by atoms with Crippen LogP contribution in [0.25, 0.3) is 0 Å². The van der Waals surface area contributed by atoms with Crippen molar-refractivity contribution < 1.29 is 8.76 Å². The third kappa shape index (κ3) is 3.19. The molecule has 0 saturated carbocycles. The monoisotopic (exact) mass is 268 g/mol. The van der Waals surface area contributed by atoms with Gasteiger partial charge in [-0.1, -0.05) is 39.8 Å². The Balaban J connectivity index is 3.60. The second-order valence-corrected chi connectivity index (χ2v) is 6.24. The summed E-state index contributed by atoms with van der Waals surface area (Å²) in [6.45, 7) is 10.0. The number of rotatable bonds is 4. The van der Waals surface area contributed by atoms with Gasteiger partial charge in [-0.05, 0) is 46.5 Å². The summed E-state index contributed by atoms with van der Waals surface area (Å²) in [5.41, 5.74) is 8.64. The first-order valence-corrected chi connectivity index (χ1v) is 7.35. The normalized spacial score (nSPS) is 15.2. The largest absolute Gasteiger partial charge is 0.768 e. The van der Waals surface area contributed by atoms with Gasteiger partial charge in [0, 0.05) is 10.9 Å². The van der Waals surface area contributed by atoms with Gasteiger partial charge in [-0.2, -0.15) is 0 Å². The number of benzene rings is 1. The Morgan fingerprint density at radius 3 is 1.89 bits per heavy atom. The number of nitrogens with two attached hydrogens (primary N) is 1. The summed E-state index contributed by atoms with van der Waals surface area (Å²) in [6, 6.07) is 3.63. The fourth-order valence-corrected chi connectivity index (χ4v) is 2.92. The summed E-state index contributed by atoms with van der Waals surface area (Å²) in [7, 11) is 0. The molecule has 3 nitrogen and oxygen atoms in total. The van der Waals surface area contributed by atoms with Gasteiger partial charge in [0.2, 0.25) is 0 Å². The van der Waals surface area contributed by atoms with E-state index in [-0.39, 0.29) is 12.0 Å². The van der Waals surface area contributed by atoms with Crippen molar-refractivity contribution in [2.24, 2.45) is 5.73 Å². The van der Waals surface area contributed by atoms with Crippen molar-refractivity contribution in [3.63, 3.8) is 0 Å². The van der Waals surface area contributed by atoms with Crippen LogP contribution in [-0.4, -0.2) is 8.76 Å². The van der Waals surface area contributed by atoms with Gasteiger partial charge in [0.15, 0.2) is 0 Å². The van der Waals surface area contributed by atoms with Crippen molar-refractivity contribution in [1.29, 1.82) is 0 Å². The molecule has 0 saturated heterocycles. The Kier molecular flexibility index (Phi) is 5.08. The molecule has 0 radical (unpaired) electrons. The maximum Gasteiger partial charge on any atom is 0.0331 e. The molecule has 2 atom stereocenters. The first kappa shape index (κ1) is 15.3. The van der Waals surface area contributed by atoms with Crippen molar-refractivity contribution >= 4 is 11.1 Å². The minimum absolute atomic E-state index is 0.161. The average molecular weight is 268 g/mol. The van der Waals surface area contributed by atoms with E-state index in [9.17, 15) is 8.76 Å². The Bertz CT molecular complexity index is 424. The molecule has 4 heteroatoms. The molecule has 102 valence electrons. The van der Waals surface area contributed by atoms with Crippen LogP contribution < -0.4 is 5.73 Å². The minimum atomic E-state index is -2.24. The van der Waals surface area contributed by atoms with E-state index in [4.69, 9.17) is 5.73 Å². The van der Waals surface area contributed by atoms with Crippen LogP contribution in [0.5, 0.6) is 0 Å². The Morgan fingerprint density at radius 2 is 1.56 bits per heavy atom. The lowest BCUT2D eigenvalue weighted by Crippen LogP contribution is -2.13. The molecule has 1 rings (SSSR count). The summed E-state index contributed by atoms with van der Waals surface area (Å²) in [5, 5.41) is 0. The summed E-state index contributed by atoms with van der Waals surface area (Å²) < 4.78 is 23.0. The molecule has 0 aliphatic heterocycles. The molecule has 18 heavy (non-hydrogen) atoms. The van der Waals surface area contributed by atoms with Crippen LogP contribution in [0, 0.1) is 0 Å². The van der Waals surface area contributed by atoms with Crippen LogP contribution in [0.1, 0.15) is 69.2 Å². The summed E-state index contributed by atoms with van der Waals surface area (Å²) in [6.07, 6.45) is 0. The lowest BCUT2D eigenvalue weighted by Gasteiger charge is -2.23. The van der Waals surface area contributed by atoms with Crippen LogP contribution in [0.3, 0.4) is 0 Å². The SMILES string of the molecule is CC(C)c1cc(C(C)C)c(S(=O)[O-])c(C(C)N)c1. The molecule has 0 aromatic heterocycles. The quantitative estimate of drug-likeness (QED) is 0.853. The highest BCUT2D eigenvalue weighted by atomic mass is 32.2. The van der Waals surface area contributed by atoms with E-state index in [1.54, 1.807) is 0 Å². The summed E-state index contributed by atoms with van der Waals surface area (Å²) in [4.78, 5) is 0.379.